The van der Waals surface area contributed by atoms with Crippen LogP contribution in [0.15, 0.2) is 0 Å². The molecule has 0 bridgehead atoms. The van der Waals surface area contributed by atoms with Crippen LogP contribution in [0.2, 0.25) is 0 Å². The van der Waals surface area contributed by atoms with Crippen LogP contribution in [-0.4, -0.2) is 31.2 Å². The lowest BCUT2D eigenvalue weighted by molar-refractivity contribution is -0.126. The Balaban J connectivity index is 2.14. The maximum absolute atomic E-state index is 11.4. The zero-order valence-corrected chi connectivity index (χ0v) is 10.3. The summed E-state index contributed by atoms with van der Waals surface area (Å²) in [5, 5.41) is 2.86. The van der Waals surface area contributed by atoms with Crippen LogP contribution >= 0.6 is 0 Å². The van der Waals surface area contributed by atoms with Gasteiger partial charge in [0.2, 0.25) is 5.91 Å². The minimum Gasteiger partial charge on any atom is -0.372 e. The van der Waals surface area contributed by atoms with E-state index in [0.717, 1.165) is 19.3 Å². The fourth-order valence-electron chi connectivity index (χ4n) is 2.07. The Hall–Kier alpha value is -0.610. The molecule has 0 unspecified atom stereocenters. The number of hydrogen-bond acceptors (Lipinski definition) is 3. The van der Waals surface area contributed by atoms with E-state index in [1.807, 2.05) is 6.92 Å². The van der Waals surface area contributed by atoms with Crippen molar-refractivity contribution >= 4 is 5.91 Å². The molecule has 1 aliphatic carbocycles. The van der Waals surface area contributed by atoms with Gasteiger partial charge in [-0.3, -0.25) is 4.79 Å². The highest BCUT2D eigenvalue weighted by Crippen LogP contribution is 2.24. The molecule has 0 radical (unpaired) electrons. The second kappa shape index (κ2) is 6.86. The maximum Gasteiger partial charge on any atom is 0.246 e. The van der Waals surface area contributed by atoms with Crippen molar-refractivity contribution < 1.29 is 9.53 Å². The summed E-state index contributed by atoms with van der Waals surface area (Å²) in [5.74, 6) is -0.0520. The molecule has 94 valence electrons. The van der Waals surface area contributed by atoms with Crippen LogP contribution in [0.25, 0.3) is 0 Å². The Morgan fingerprint density at radius 3 is 2.69 bits per heavy atom. The number of hydrogen-bond donors (Lipinski definition) is 2. The van der Waals surface area contributed by atoms with Crippen LogP contribution in [0.4, 0.5) is 0 Å². The van der Waals surface area contributed by atoms with Gasteiger partial charge >= 0.3 is 0 Å². The number of rotatable bonds is 6. The highest BCUT2D eigenvalue weighted by Gasteiger charge is 2.27. The minimum absolute atomic E-state index is 0.0520. The zero-order valence-electron chi connectivity index (χ0n) is 10.3. The minimum atomic E-state index is -0.182. The first kappa shape index (κ1) is 13.5. The molecule has 4 nitrogen and oxygen atoms in total. The number of nitrogens with two attached hydrogens (primary N) is 1. The van der Waals surface area contributed by atoms with E-state index < -0.39 is 0 Å². The van der Waals surface area contributed by atoms with Crippen LogP contribution in [-0.2, 0) is 9.53 Å². The molecule has 4 heteroatoms. The van der Waals surface area contributed by atoms with E-state index in [9.17, 15) is 4.79 Å². The topological polar surface area (TPSA) is 64.3 Å². The van der Waals surface area contributed by atoms with Gasteiger partial charge in [-0.2, -0.15) is 0 Å². The van der Waals surface area contributed by atoms with Crippen LogP contribution < -0.4 is 11.1 Å². The third-order valence-electron chi connectivity index (χ3n) is 3.07. The molecule has 0 atom stereocenters. The van der Waals surface area contributed by atoms with E-state index in [4.69, 9.17) is 10.5 Å². The van der Waals surface area contributed by atoms with Gasteiger partial charge in [0.1, 0.15) is 6.61 Å². The summed E-state index contributed by atoms with van der Waals surface area (Å²) in [6.07, 6.45) is 6.60. The summed E-state index contributed by atoms with van der Waals surface area (Å²) in [5.41, 5.74) is 6.02. The van der Waals surface area contributed by atoms with E-state index >= 15 is 0 Å². The average molecular weight is 228 g/mol. The van der Waals surface area contributed by atoms with Gasteiger partial charge in [0, 0.05) is 18.7 Å². The molecule has 0 saturated heterocycles. The molecule has 1 saturated carbocycles. The highest BCUT2D eigenvalue weighted by atomic mass is 16.5. The molecule has 0 heterocycles. The number of carbonyl (C=O) groups is 1. The third-order valence-corrected chi connectivity index (χ3v) is 3.07. The first-order valence-electron chi connectivity index (χ1n) is 6.30. The van der Waals surface area contributed by atoms with Gasteiger partial charge in [0.05, 0.1) is 0 Å². The fourth-order valence-corrected chi connectivity index (χ4v) is 2.07. The quantitative estimate of drug-likeness (QED) is 0.671. The van der Waals surface area contributed by atoms with Gasteiger partial charge in [-0.1, -0.05) is 26.2 Å². The third kappa shape index (κ3) is 4.94. The fraction of sp³-hybridized carbons (Fsp3) is 0.917. The number of ether oxygens (including phenoxy) is 1. The van der Waals surface area contributed by atoms with Gasteiger partial charge < -0.3 is 15.8 Å². The van der Waals surface area contributed by atoms with E-state index in [1.54, 1.807) is 0 Å². The lowest BCUT2D eigenvalue weighted by atomic mass is 9.82. The van der Waals surface area contributed by atoms with Crippen molar-refractivity contribution in [1.82, 2.24) is 5.32 Å². The Bertz CT molecular complexity index is 213. The SMILES string of the molecule is CCCOCC(=O)NCC1(N)CCCCC1. The summed E-state index contributed by atoms with van der Waals surface area (Å²) < 4.78 is 5.16. The van der Waals surface area contributed by atoms with Crippen molar-refractivity contribution in [3.8, 4) is 0 Å². The van der Waals surface area contributed by atoms with Crippen molar-refractivity contribution in [2.45, 2.75) is 51.0 Å². The number of amides is 1. The second-order valence-corrected chi connectivity index (χ2v) is 4.75. The summed E-state index contributed by atoms with van der Waals surface area (Å²) in [7, 11) is 0. The van der Waals surface area contributed by atoms with Gasteiger partial charge in [0.15, 0.2) is 0 Å². The predicted molar refractivity (Wildman–Crippen MR) is 64.1 cm³/mol. The van der Waals surface area contributed by atoms with Gasteiger partial charge in [-0.05, 0) is 19.3 Å². The van der Waals surface area contributed by atoms with E-state index in [0.29, 0.717) is 13.2 Å². The van der Waals surface area contributed by atoms with Crippen LogP contribution in [0, 0.1) is 0 Å². The number of carbonyl (C=O) groups excluding carboxylic acids is 1. The van der Waals surface area contributed by atoms with Crippen LogP contribution in [0.1, 0.15) is 45.4 Å². The summed E-state index contributed by atoms with van der Waals surface area (Å²) in [6, 6.07) is 0. The summed E-state index contributed by atoms with van der Waals surface area (Å²) >= 11 is 0. The Morgan fingerprint density at radius 2 is 2.06 bits per heavy atom. The standard InChI is InChI=1S/C12H24N2O2/c1-2-8-16-9-11(15)14-10-12(13)6-4-3-5-7-12/h2-10,13H2,1H3,(H,14,15). The Labute approximate surface area is 97.9 Å². The van der Waals surface area contributed by atoms with Gasteiger partial charge in [-0.15, -0.1) is 0 Å². The maximum atomic E-state index is 11.4. The molecule has 1 fully saturated rings. The molecule has 0 spiro atoms. The Morgan fingerprint density at radius 1 is 1.38 bits per heavy atom. The van der Waals surface area contributed by atoms with Crippen molar-refractivity contribution in [1.29, 1.82) is 0 Å². The molecule has 1 amide bonds. The molecule has 0 aromatic heterocycles. The largest absolute Gasteiger partial charge is 0.372 e. The van der Waals surface area contributed by atoms with E-state index in [-0.39, 0.29) is 18.1 Å². The van der Waals surface area contributed by atoms with E-state index in [2.05, 4.69) is 5.32 Å². The molecular formula is C12H24N2O2. The average Bonchev–Trinajstić information content (AvgIpc) is 2.28. The molecule has 0 aliphatic heterocycles. The van der Waals surface area contributed by atoms with Gasteiger partial charge in [-0.25, -0.2) is 0 Å². The lowest BCUT2D eigenvalue weighted by Crippen LogP contribution is -2.51. The summed E-state index contributed by atoms with van der Waals surface area (Å²) in [4.78, 5) is 11.4. The van der Waals surface area contributed by atoms with Crippen LogP contribution in [0.5, 0.6) is 0 Å². The van der Waals surface area contributed by atoms with Crippen LogP contribution in [0.3, 0.4) is 0 Å². The molecule has 1 aliphatic rings. The molecule has 1 rings (SSSR count). The highest BCUT2D eigenvalue weighted by molar-refractivity contribution is 5.77. The predicted octanol–water partition coefficient (Wildman–Crippen LogP) is 1.19. The first-order chi connectivity index (χ1) is 7.66. The molecule has 16 heavy (non-hydrogen) atoms. The molecule has 3 N–H and O–H groups in total. The first-order valence-corrected chi connectivity index (χ1v) is 6.30. The zero-order chi connectivity index (χ0) is 11.9. The molecular weight excluding hydrogens is 204 g/mol. The smallest absolute Gasteiger partial charge is 0.246 e. The van der Waals surface area contributed by atoms with Crippen molar-refractivity contribution in [3.63, 3.8) is 0 Å². The second-order valence-electron chi connectivity index (χ2n) is 4.75. The Kier molecular flexibility index (Phi) is 5.77. The molecule has 0 aromatic rings. The molecule has 0 aromatic carbocycles. The van der Waals surface area contributed by atoms with Gasteiger partial charge in [0.25, 0.3) is 0 Å². The number of nitrogens with one attached hydrogen (secondary N) is 1. The normalized spacial score (nSPS) is 19.4. The van der Waals surface area contributed by atoms with Crippen molar-refractivity contribution in [3.05, 3.63) is 0 Å². The van der Waals surface area contributed by atoms with Crippen molar-refractivity contribution in [2.24, 2.45) is 5.73 Å². The lowest BCUT2D eigenvalue weighted by Gasteiger charge is -2.33. The summed E-state index contributed by atoms with van der Waals surface area (Å²) in [6.45, 7) is 3.40. The van der Waals surface area contributed by atoms with E-state index in [1.165, 1.54) is 19.3 Å². The monoisotopic (exact) mass is 228 g/mol. The van der Waals surface area contributed by atoms with Crippen molar-refractivity contribution in [2.75, 3.05) is 19.8 Å².